The Balaban J connectivity index is 2.64. The highest BCUT2D eigenvalue weighted by molar-refractivity contribution is 5.94. The third-order valence-electron chi connectivity index (χ3n) is 3.29. The quantitative estimate of drug-likeness (QED) is 0.901. The molecule has 0 atom stereocenters. The van der Waals surface area contributed by atoms with Crippen LogP contribution in [0.15, 0.2) is 24.3 Å². The van der Waals surface area contributed by atoms with Crippen molar-refractivity contribution in [2.45, 2.75) is 26.7 Å². The first kappa shape index (κ1) is 13.7. The average molecular weight is 257 g/mol. The summed E-state index contributed by atoms with van der Waals surface area (Å²) in [5, 5.41) is 4.65. The monoisotopic (exact) mass is 257 g/mol. The summed E-state index contributed by atoms with van der Waals surface area (Å²) < 4.78 is 0. The third-order valence-corrected chi connectivity index (χ3v) is 3.29. The van der Waals surface area contributed by atoms with Crippen molar-refractivity contribution in [3.8, 4) is 0 Å². The molecule has 0 aliphatic rings. The first-order valence-corrected chi connectivity index (χ1v) is 6.88. The van der Waals surface area contributed by atoms with Crippen LogP contribution in [0.25, 0.3) is 10.9 Å². The standard InChI is InChI=1S/C16H23N3/c1-6-17-16-10-15(11(2)3)18-14-8-7-12(19(4)5)9-13(14)16/h7-11H,6H2,1-5H3,(H,17,18). The lowest BCUT2D eigenvalue weighted by atomic mass is 10.1. The van der Waals surface area contributed by atoms with E-state index in [4.69, 9.17) is 4.98 Å². The molecule has 0 unspecified atom stereocenters. The topological polar surface area (TPSA) is 28.2 Å². The Kier molecular flexibility index (Phi) is 3.93. The molecule has 1 heterocycles. The minimum Gasteiger partial charge on any atom is -0.385 e. The smallest absolute Gasteiger partial charge is 0.0727 e. The molecule has 2 aromatic rings. The molecule has 1 aromatic heterocycles. The number of rotatable bonds is 4. The van der Waals surface area contributed by atoms with Gasteiger partial charge in [-0.3, -0.25) is 4.98 Å². The number of fused-ring (bicyclic) bond motifs is 1. The maximum atomic E-state index is 4.76. The summed E-state index contributed by atoms with van der Waals surface area (Å²) in [6.07, 6.45) is 0. The van der Waals surface area contributed by atoms with Gasteiger partial charge in [0.2, 0.25) is 0 Å². The fourth-order valence-electron chi connectivity index (χ4n) is 2.14. The summed E-state index contributed by atoms with van der Waals surface area (Å²) in [5.74, 6) is 0.440. The molecule has 1 N–H and O–H groups in total. The van der Waals surface area contributed by atoms with Crippen LogP contribution >= 0.6 is 0 Å². The molecule has 0 saturated heterocycles. The lowest BCUT2D eigenvalue weighted by molar-refractivity contribution is 0.830. The Labute approximate surface area is 115 Å². The molecule has 0 aliphatic carbocycles. The number of aromatic nitrogens is 1. The molecule has 0 amide bonds. The van der Waals surface area contributed by atoms with Gasteiger partial charge in [-0.25, -0.2) is 0 Å². The van der Waals surface area contributed by atoms with E-state index in [9.17, 15) is 0 Å². The van der Waals surface area contributed by atoms with Crippen molar-refractivity contribution in [3.63, 3.8) is 0 Å². The number of hydrogen-bond acceptors (Lipinski definition) is 3. The van der Waals surface area contributed by atoms with Gasteiger partial charge in [0.05, 0.1) is 5.52 Å². The second kappa shape index (κ2) is 5.47. The second-order valence-corrected chi connectivity index (χ2v) is 5.38. The van der Waals surface area contributed by atoms with Crippen LogP contribution in [0.3, 0.4) is 0 Å². The summed E-state index contributed by atoms with van der Waals surface area (Å²) in [6, 6.07) is 8.60. The lowest BCUT2D eigenvalue weighted by Crippen LogP contribution is -2.09. The SMILES string of the molecule is CCNc1cc(C(C)C)nc2ccc(N(C)C)cc12. The molecule has 2 rings (SSSR count). The van der Waals surface area contributed by atoms with Crippen molar-refractivity contribution in [1.29, 1.82) is 0 Å². The predicted molar refractivity (Wildman–Crippen MR) is 84.3 cm³/mol. The van der Waals surface area contributed by atoms with E-state index in [0.717, 1.165) is 17.8 Å². The highest BCUT2D eigenvalue weighted by atomic mass is 15.1. The van der Waals surface area contributed by atoms with Crippen molar-refractivity contribution in [2.75, 3.05) is 30.9 Å². The van der Waals surface area contributed by atoms with Crippen LogP contribution < -0.4 is 10.2 Å². The van der Waals surface area contributed by atoms with Gasteiger partial charge in [-0.05, 0) is 37.1 Å². The van der Waals surface area contributed by atoms with Crippen LogP contribution in [0.4, 0.5) is 11.4 Å². The minimum absolute atomic E-state index is 0.440. The average Bonchev–Trinajstić information content (AvgIpc) is 2.38. The number of hydrogen-bond donors (Lipinski definition) is 1. The molecule has 3 nitrogen and oxygen atoms in total. The molecular formula is C16H23N3. The summed E-state index contributed by atoms with van der Waals surface area (Å²) in [5.41, 5.74) is 4.58. The zero-order valence-electron chi connectivity index (χ0n) is 12.5. The number of pyridine rings is 1. The van der Waals surface area contributed by atoms with E-state index in [0.29, 0.717) is 5.92 Å². The van der Waals surface area contributed by atoms with E-state index in [-0.39, 0.29) is 0 Å². The largest absolute Gasteiger partial charge is 0.385 e. The van der Waals surface area contributed by atoms with Gasteiger partial charge in [0.15, 0.2) is 0 Å². The summed E-state index contributed by atoms with van der Waals surface area (Å²) >= 11 is 0. The Morgan fingerprint density at radius 3 is 2.53 bits per heavy atom. The van der Waals surface area contributed by atoms with Gasteiger partial charge in [0.25, 0.3) is 0 Å². The summed E-state index contributed by atoms with van der Waals surface area (Å²) in [7, 11) is 4.12. The molecule has 19 heavy (non-hydrogen) atoms. The maximum Gasteiger partial charge on any atom is 0.0727 e. The molecule has 0 spiro atoms. The van der Waals surface area contributed by atoms with Gasteiger partial charge in [0.1, 0.15) is 0 Å². The van der Waals surface area contributed by atoms with Crippen LogP contribution in [-0.4, -0.2) is 25.6 Å². The van der Waals surface area contributed by atoms with Gasteiger partial charge < -0.3 is 10.2 Å². The predicted octanol–water partition coefficient (Wildman–Crippen LogP) is 3.86. The van der Waals surface area contributed by atoms with Crippen molar-refractivity contribution < 1.29 is 0 Å². The minimum atomic E-state index is 0.440. The fourth-order valence-corrected chi connectivity index (χ4v) is 2.14. The van der Waals surface area contributed by atoms with E-state index in [1.807, 2.05) is 0 Å². The lowest BCUT2D eigenvalue weighted by Gasteiger charge is -2.16. The highest BCUT2D eigenvalue weighted by Crippen LogP contribution is 2.29. The molecule has 0 radical (unpaired) electrons. The zero-order valence-corrected chi connectivity index (χ0v) is 12.5. The number of nitrogens with zero attached hydrogens (tertiary/aromatic N) is 2. The van der Waals surface area contributed by atoms with Gasteiger partial charge in [-0.2, -0.15) is 0 Å². The highest BCUT2D eigenvalue weighted by Gasteiger charge is 2.09. The van der Waals surface area contributed by atoms with Crippen LogP contribution in [0.2, 0.25) is 0 Å². The van der Waals surface area contributed by atoms with Crippen molar-refractivity contribution in [3.05, 3.63) is 30.0 Å². The van der Waals surface area contributed by atoms with Gasteiger partial charge in [-0.1, -0.05) is 13.8 Å². The molecule has 0 saturated carbocycles. The summed E-state index contributed by atoms with van der Waals surface area (Å²) in [6.45, 7) is 7.40. The molecule has 0 aliphatic heterocycles. The Hall–Kier alpha value is -1.77. The fraction of sp³-hybridized carbons (Fsp3) is 0.438. The second-order valence-electron chi connectivity index (χ2n) is 5.38. The zero-order chi connectivity index (χ0) is 14.0. The van der Waals surface area contributed by atoms with Crippen LogP contribution in [0.5, 0.6) is 0 Å². The molecule has 0 bridgehead atoms. The van der Waals surface area contributed by atoms with E-state index < -0.39 is 0 Å². The third kappa shape index (κ3) is 2.80. The normalized spacial score (nSPS) is 11.1. The Bertz CT molecular complexity index is 573. The van der Waals surface area contributed by atoms with Crippen LogP contribution in [0, 0.1) is 0 Å². The molecule has 102 valence electrons. The van der Waals surface area contributed by atoms with Crippen molar-refractivity contribution >= 4 is 22.3 Å². The molecular weight excluding hydrogens is 234 g/mol. The van der Waals surface area contributed by atoms with E-state index >= 15 is 0 Å². The van der Waals surface area contributed by atoms with Crippen molar-refractivity contribution in [2.24, 2.45) is 0 Å². The first-order valence-electron chi connectivity index (χ1n) is 6.88. The van der Waals surface area contributed by atoms with Crippen LogP contribution in [0.1, 0.15) is 32.4 Å². The Morgan fingerprint density at radius 1 is 1.21 bits per heavy atom. The van der Waals surface area contributed by atoms with E-state index in [1.165, 1.54) is 16.8 Å². The van der Waals surface area contributed by atoms with E-state index in [1.54, 1.807) is 0 Å². The van der Waals surface area contributed by atoms with Gasteiger partial charge >= 0.3 is 0 Å². The number of anilines is 2. The molecule has 3 heteroatoms. The van der Waals surface area contributed by atoms with Crippen molar-refractivity contribution in [1.82, 2.24) is 4.98 Å². The van der Waals surface area contributed by atoms with Gasteiger partial charge in [-0.15, -0.1) is 0 Å². The first-order chi connectivity index (χ1) is 9.02. The van der Waals surface area contributed by atoms with Gasteiger partial charge in [0, 0.05) is 43.1 Å². The number of benzene rings is 1. The summed E-state index contributed by atoms with van der Waals surface area (Å²) in [4.78, 5) is 6.88. The van der Waals surface area contributed by atoms with E-state index in [2.05, 4.69) is 69.3 Å². The Morgan fingerprint density at radius 2 is 1.95 bits per heavy atom. The number of nitrogens with one attached hydrogen (secondary N) is 1. The molecule has 0 fully saturated rings. The molecule has 1 aromatic carbocycles. The van der Waals surface area contributed by atoms with Crippen LogP contribution in [-0.2, 0) is 0 Å². The maximum absolute atomic E-state index is 4.76.